The average Bonchev–Trinajstić information content (AvgIpc) is 3.55. The van der Waals surface area contributed by atoms with Gasteiger partial charge >= 0.3 is 0 Å². The Balaban J connectivity index is 0.987. The topological polar surface area (TPSA) is 76.2 Å². The van der Waals surface area contributed by atoms with Crippen molar-refractivity contribution in [1.29, 1.82) is 0 Å². The van der Waals surface area contributed by atoms with Gasteiger partial charge in [0.15, 0.2) is 0 Å². The molecule has 6 heteroatoms. The Morgan fingerprint density at radius 2 is 1.81 bits per heavy atom. The lowest BCUT2D eigenvalue weighted by Crippen LogP contribution is -2.48. The van der Waals surface area contributed by atoms with Gasteiger partial charge in [-0.1, -0.05) is 12.1 Å². The number of hydrogen-bond donors (Lipinski definition) is 2. The first kappa shape index (κ1) is 22.3. The van der Waals surface area contributed by atoms with Crippen LogP contribution in [0.15, 0.2) is 42.5 Å². The Morgan fingerprint density at radius 1 is 1.06 bits per heavy atom. The normalized spacial score (nSPS) is 30.7. The summed E-state index contributed by atoms with van der Waals surface area (Å²) >= 11 is 0. The van der Waals surface area contributed by atoms with Crippen LogP contribution < -0.4 is 10.1 Å². The molecule has 36 heavy (non-hydrogen) atoms. The third-order valence-corrected chi connectivity index (χ3v) is 9.19. The first-order chi connectivity index (χ1) is 17.6. The second-order valence-electron chi connectivity index (χ2n) is 11.8. The molecule has 6 nitrogen and oxygen atoms in total. The number of imidazole rings is 1. The summed E-state index contributed by atoms with van der Waals surface area (Å²) in [4.78, 5) is 20.5. The van der Waals surface area contributed by atoms with E-state index in [0.717, 1.165) is 59.8 Å². The number of nitrogens with zero attached hydrogens (tertiary/aromatic N) is 1. The van der Waals surface area contributed by atoms with Gasteiger partial charge in [-0.05, 0) is 110 Å². The van der Waals surface area contributed by atoms with Crippen LogP contribution in [-0.4, -0.2) is 35.1 Å². The molecular weight excluding hydrogens is 450 g/mol. The number of carbonyl (C=O) groups excluding carboxylic acids is 1. The molecule has 0 unspecified atom stereocenters. The van der Waals surface area contributed by atoms with Crippen molar-refractivity contribution in [1.82, 2.24) is 15.3 Å². The number of rotatable bonds is 7. The summed E-state index contributed by atoms with van der Waals surface area (Å²) in [7, 11) is 0. The van der Waals surface area contributed by atoms with Crippen LogP contribution in [0.3, 0.4) is 0 Å². The van der Waals surface area contributed by atoms with E-state index < -0.39 is 0 Å². The maximum absolute atomic E-state index is 12.6. The molecule has 1 aromatic heterocycles. The number of fused-ring (bicyclic) bond motifs is 1. The van der Waals surface area contributed by atoms with E-state index in [1.807, 2.05) is 18.2 Å². The second-order valence-corrected chi connectivity index (χ2v) is 11.8. The molecule has 5 aliphatic rings. The van der Waals surface area contributed by atoms with Gasteiger partial charge in [0.2, 0.25) is 0 Å². The molecule has 4 saturated carbocycles. The van der Waals surface area contributed by atoms with Crippen LogP contribution in [-0.2, 0) is 16.8 Å². The van der Waals surface area contributed by atoms with Gasteiger partial charge in [0.05, 0.1) is 17.1 Å². The van der Waals surface area contributed by atoms with E-state index in [2.05, 4.69) is 39.6 Å². The standard InChI is InChI=1S/C30H35N3O3/c34-29(31-17-25-2-1-9-35-25)22-3-8-26-27(13-22)33-28(32-26)18-36-24-6-4-23(5-7-24)30-14-19-10-20(15-30)12-21(11-19)16-30/h3-8,13,19-21,25H,1-2,9-12,14-18H2,(H,31,34)(H,32,33)/t19?,20?,21?,25-,30?/m1/s1. The summed E-state index contributed by atoms with van der Waals surface area (Å²) < 4.78 is 11.7. The van der Waals surface area contributed by atoms with Crippen molar-refractivity contribution in [2.24, 2.45) is 17.8 Å². The molecule has 3 aromatic rings. The van der Waals surface area contributed by atoms with Gasteiger partial charge in [-0.15, -0.1) is 0 Å². The Morgan fingerprint density at radius 3 is 2.50 bits per heavy atom. The van der Waals surface area contributed by atoms with Gasteiger partial charge < -0.3 is 19.8 Å². The number of ether oxygens (including phenoxy) is 2. The maximum Gasteiger partial charge on any atom is 0.251 e. The number of hydrogen-bond acceptors (Lipinski definition) is 4. The van der Waals surface area contributed by atoms with Crippen LogP contribution in [0.1, 0.15) is 73.1 Å². The fraction of sp³-hybridized carbons (Fsp3) is 0.533. The first-order valence-corrected chi connectivity index (χ1v) is 13.7. The summed E-state index contributed by atoms with van der Waals surface area (Å²) in [6.45, 7) is 1.71. The summed E-state index contributed by atoms with van der Waals surface area (Å²) in [6, 6.07) is 14.4. The summed E-state index contributed by atoms with van der Waals surface area (Å²) in [5.41, 5.74) is 4.23. The molecule has 8 rings (SSSR count). The molecule has 2 N–H and O–H groups in total. The van der Waals surface area contributed by atoms with E-state index in [-0.39, 0.29) is 12.0 Å². The van der Waals surface area contributed by atoms with Gasteiger partial charge in [0.25, 0.3) is 5.91 Å². The highest BCUT2D eigenvalue weighted by Crippen LogP contribution is 2.60. The van der Waals surface area contributed by atoms with Crippen molar-refractivity contribution in [3.63, 3.8) is 0 Å². The van der Waals surface area contributed by atoms with Crippen molar-refractivity contribution in [2.75, 3.05) is 13.2 Å². The van der Waals surface area contributed by atoms with E-state index >= 15 is 0 Å². The molecule has 2 heterocycles. The van der Waals surface area contributed by atoms with Crippen LogP contribution in [0.2, 0.25) is 0 Å². The minimum Gasteiger partial charge on any atom is -0.486 e. The fourth-order valence-corrected chi connectivity index (χ4v) is 7.91. The van der Waals surface area contributed by atoms with Crippen molar-refractivity contribution >= 4 is 16.9 Å². The van der Waals surface area contributed by atoms with Crippen LogP contribution in [0, 0.1) is 17.8 Å². The summed E-state index contributed by atoms with van der Waals surface area (Å²) in [5, 5.41) is 2.98. The van der Waals surface area contributed by atoms with Crippen LogP contribution in [0.5, 0.6) is 5.75 Å². The number of amides is 1. The molecule has 1 atom stereocenters. The SMILES string of the molecule is O=C(NC[C@H]1CCCO1)c1ccc2nc(COc3ccc(C45CC6CC(CC(C6)C4)C5)cc3)[nH]c2c1. The molecule has 1 saturated heterocycles. The molecule has 4 bridgehead atoms. The molecule has 2 aromatic carbocycles. The van der Waals surface area contributed by atoms with E-state index in [4.69, 9.17) is 9.47 Å². The maximum atomic E-state index is 12.6. The van der Waals surface area contributed by atoms with Gasteiger partial charge in [0, 0.05) is 18.7 Å². The Kier molecular flexibility index (Phi) is 5.53. The highest BCUT2D eigenvalue weighted by atomic mass is 16.5. The molecule has 5 fully saturated rings. The number of benzene rings is 2. The number of nitrogens with one attached hydrogen (secondary N) is 2. The lowest BCUT2D eigenvalue weighted by molar-refractivity contribution is -0.00520. The Labute approximate surface area is 212 Å². The fourth-order valence-electron chi connectivity index (χ4n) is 7.91. The minimum absolute atomic E-state index is 0.0843. The summed E-state index contributed by atoms with van der Waals surface area (Å²) in [5.74, 6) is 4.40. The van der Waals surface area contributed by atoms with Crippen LogP contribution in [0.25, 0.3) is 11.0 Å². The molecule has 0 radical (unpaired) electrons. The number of aromatic amines is 1. The van der Waals surface area contributed by atoms with E-state index in [1.54, 1.807) is 0 Å². The van der Waals surface area contributed by atoms with Crippen molar-refractivity contribution < 1.29 is 14.3 Å². The van der Waals surface area contributed by atoms with Crippen molar-refractivity contribution in [3.05, 3.63) is 59.4 Å². The molecule has 1 aliphatic heterocycles. The Bertz CT molecular complexity index is 1220. The highest BCUT2D eigenvalue weighted by molar-refractivity contribution is 5.97. The van der Waals surface area contributed by atoms with E-state index in [9.17, 15) is 4.79 Å². The van der Waals surface area contributed by atoms with Crippen molar-refractivity contribution in [3.8, 4) is 5.75 Å². The van der Waals surface area contributed by atoms with E-state index in [1.165, 1.54) is 44.1 Å². The molecule has 4 aliphatic carbocycles. The number of H-pyrrole nitrogens is 1. The third kappa shape index (κ3) is 4.19. The predicted octanol–water partition coefficient (Wildman–Crippen LogP) is 5.52. The smallest absolute Gasteiger partial charge is 0.251 e. The zero-order valence-corrected chi connectivity index (χ0v) is 20.8. The number of aromatic nitrogens is 2. The van der Waals surface area contributed by atoms with Gasteiger partial charge in [-0.25, -0.2) is 4.98 Å². The molecule has 1 amide bonds. The quantitative estimate of drug-likeness (QED) is 0.462. The lowest BCUT2D eigenvalue weighted by Gasteiger charge is -2.57. The average molecular weight is 486 g/mol. The largest absolute Gasteiger partial charge is 0.486 e. The Hall–Kier alpha value is -2.86. The van der Waals surface area contributed by atoms with Crippen LogP contribution >= 0.6 is 0 Å². The van der Waals surface area contributed by atoms with Crippen molar-refractivity contribution in [2.45, 2.75) is 69.5 Å². The van der Waals surface area contributed by atoms with Gasteiger partial charge in [-0.2, -0.15) is 0 Å². The first-order valence-electron chi connectivity index (χ1n) is 13.7. The molecular formula is C30H35N3O3. The van der Waals surface area contributed by atoms with E-state index in [0.29, 0.717) is 24.1 Å². The van der Waals surface area contributed by atoms with Crippen LogP contribution in [0.4, 0.5) is 0 Å². The predicted molar refractivity (Wildman–Crippen MR) is 138 cm³/mol. The second kappa shape index (κ2) is 8.91. The third-order valence-electron chi connectivity index (χ3n) is 9.19. The highest BCUT2D eigenvalue weighted by Gasteiger charge is 2.51. The molecule has 188 valence electrons. The van der Waals surface area contributed by atoms with Gasteiger partial charge in [-0.3, -0.25) is 4.79 Å². The zero-order chi connectivity index (χ0) is 24.1. The summed E-state index contributed by atoms with van der Waals surface area (Å²) in [6.07, 6.45) is 10.8. The minimum atomic E-state index is -0.0843. The van der Waals surface area contributed by atoms with Gasteiger partial charge in [0.1, 0.15) is 18.2 Å². The zero-order valence-electron chi connectivity index (χ0n) is 20.8. The molecule has 0 spiro atoms. The lowest BCUT2D eigenvalue weighted by atomic mass is 9.48. The number of carbonyl (C=O) groups is 1. The monoisotopic (exact) mass is 485 g/mol.